The van der Waals surface area contributed by atoms with Crippen LogP contribution in [0.4, 0.5) is 0 Å². The lowest BCUT2D eigenvalue weighted by Crippen LogP contribution is -2.31. The van der Waals surface area contributed by atoms with Gasteiger partial charge in [0.25, 0.3) is 0 Å². The van der Waals surface area contributed by atoms with Gasteiger partial charge in [-0.25, -0.2) is 0 Å². The standard InChI is InChI=1S/C10H21NO4/c1-10(2,3)15-7-6-14-5-4-8(11)9(12)13/h8H,4-7,11H2,1-3H3,(H,12,13). The highest BCUT2D eigenvalue weighted by Crippen LogP contribution is 2.05. The zero-order valence-electron chi connectivity index (χ0n) is 9.66. The molecule has 0 aromatic heterocycles. The van der Waals surface area contributed by atoms with Gasteiger partial charge in [0.05, 0.1) is 18.8 Å². The minimum absolute atomic E-state index is 0.166. The molecule has 15 heavy (non-hydrogen) atoms. The van der Waals surface area contributed by atoms with Crippen molar-refractivity contribution in [1.82, 2.24) is 0 Å². The minimum Gasteiger partial charge on any atom is -0.480 e. The fourth-order valence-electron chi connectivity index (χ4n) is 0.843. The second-order valence-electron chi connectivity index (χ2n) is 4.31. The lowest BCUT2D eigenvalue weighted by atomic mass is 10.2. The van der Waals surface area contributed by atoms with Crippen molar-refractivity contribution in [2.45, 2.75) is 38.8 Å². The van der Waals surface area contributed by atoms with Crippen LogP contribution in [-0.2, 0) is 14.3 Å². The fourth-order valence-corrected chi connectivity index (χ4v) is 0.843. The molecular weight excluding hydrogens is 198 g/mol. The number of carbonyl (C=O) groups is 1. The average molecular weight is 219 g/mol. The van der Waals surface area contributed by atoms with Gasteiger partial charge in [0, 0.05) is 6.61 Å². The Labute approximate surface area is 90.5 Å². The molecule has 90 valence electrons. The van der Waals surface area contributed by atoms with Gasteiger partial charge in [0.2, 0.25) is 0 Å². The highest BCUT2D eigenvalue weighted by molar-refractivity contribution is 5.72. The molecule has 0 amide bonds. The van der Waals surface area contributed by atoms with Crippen molar-refractivity contribution >= 4 is 5.97 Å². The Kier molecular flexibility index (Phi) is 6.47. The van der Waals surface area contributed by atoms with Crippen LogP contribution in [0.15, 0.2) is 0 Å². The SMILES string of the molecule is CC(C)(C)OCCOCCC(N)C(=O)O. The maximum absolute atomic E-state index is 10.3. The van der Waals surface area contributed by atoms with Crippen molar-refractivity contribution in [3.8, 4) is 0 Å². The van der Waals surface area contributed by atoms with E-state index in [-0.39, 0.29) is 5.60 Å². The first-order valence-electron chi connectivity index (χ1n) is 5.03. The van der Waals surface area contributed by atoms with Crippen molar-refractivity contribution in [1.29, 1.82) is 0 Å². The topological polar surface area (TPSA) is 81.8 Å². The molecule has 0 aliphatic rings. The molecule has 1 unspecified atom stereocenters. The maximum atomic E-state index is 10.3. The van der Waals surface area contributed by atoms with E-state index in [1.165, 1.54) is 0 Å². The molecule has 0 saturated heterocycles. The summed E-state index contributed by atoms with van der Waals surface area (Å²) in [4.78, 5) is 10.3. The van der Waals surface area contributed by atoms with E-state index in [0.717, 1.165) is 0 Å². The molecule has 0 aliphatic heterocycles. The minimum atomic E-state index is -0.996. The van der Waals surface area contributed by atoms with Crippen LogP contribution in [0.2, 0.25) is 0 Å². The molecule has 5 nitrogen and oxygen atoms in total. The van der Waals surface area contributed by atoms with Gasteiger partial charge in [0.15, 0.2) is 0 Å². The second-order valence-corrected chi connectivity index (χ2v) is 4.31. The average Bonchev–Trinajstić information content (AvgIpc) is 2.08. The number of hydrogen-bond donors (Lipinski definition) is 2. The molecule has 0 spiro atoms. The molecule has 3 N–H and O–H groups in total. The number of rotatable bonds is 7. The second kappa shape index (κ2) is 6.76. The Hall–Kier alpha value is -0.650. The molecule has 0 aliphatic carbocycles. The molecule has 0 heterocycles. The summed E-state index contributed by atoms with van der Waals surface area (Å²) in [6.07, 6.45) is 0.324. The van der Waals surface area contributed by atoms with Gasteiger partial charge in [0.1, 0.15) is 6.04 Å². The Bertz CT molecular complexity index is 188. The third-order valence-corrected chi connectivity index (χ3v) is 1.65. The lowest BCUT2D eigenvalue weighted by Gasteiger charge is -2.19. The maximum Gasteiger partial charge on any atom is 0.320 e. The van der Waals surface area contributed by atoms with Gasteiger partial charge in [-0.1, -0.05) is 0 Å². The molecule has 0 saturated carbocycles. The predicted molar refractivity (Wildman–Crippen MR) is 56.8 cm³/mol. The van der Waals surface area contributed by atoms with E-state index in [1.54, 1.807) is 0 Å². The normalized spacial score (nSPS) is 13.9. The number of hydrogen-bond acceptors (Lipinski definition) is 4. The van der Waals surface area contributed by atoms with Crippen molar-refractivity contribution in [2.75, 3.05) is 19.8 Å². The summed E-state index contributed by atoms with van der Waals surface area (Å²) in [5, 5.41) is 8.49. The fraction of sp³-hybridized carbons (Fsp3) is 0.900. The molecule has 0 radical (unpaired) electrons. The third kappa shape index (κ3) is 9.65. The molecule has 0 aromatic rings. The summed E-state index contributed by atoms with van der Waals surface area (Å²) in [5.74, 6) is -0.996. The summed E-state index contributed by atoms with van der Waals surface area (Å²) >= 11 is 0. The van der Waals surface area contributed by atoms with Gasteiger partial charge in [-0.05, 0) is 27.2 Å². The van der Waals surface area contributed by atoms with Crippen LogP contribution in [0.1, 0.15) is 27.2 Å². The van der Waals surface area contributed by atoms with Gasteiger partial charge < -0.3 is 20.3 Å². The number of carboxylic acid groups (broad SMARTS) is 1. The van der Waals surface area contributed by atoms with E-state index >= 15 is 0 Å². The van der Waals surface area contributed by atoms with E-state index in [4.69, 9.17) is 20.3 Å². The zero-order chi connectivity index (χ0) is 11.9. The Balaban J connectivity index is 3.29. The zero-order valence-corrected chi connectivity index (χ0v) is 9.66. The van der Waals surface area contributed by atoms with Crippen LogP contribution in [0.3, 0.4) is 0 Å². The smallest absolute Gasteiger partial charge is 0.320 e. The molecular formula is C10H21NO4. The van der Waals surface area contributed by atoms with Crippen LogP contribution in [-0.4, -0.2) is 42.5 Å². The van der Waals surface area contributed by atoms with Gasteiger partial charge >= 0.3 is 5.97 Å². The van der Waals surface area contributed by atoms with E-state index in [0.29, 0.717) is 26.2 Å². The van der Waals surface area contributed by atoms with Crippen molar-refractivity contribution in [3.63, 3.8) is 0 Å². The Morgan fingerprint density at radius 1 is 1.33 bits per heavy atom. The van der Waals surface area contributed by atoms with Gasteiger partial charge in [-0.2, -0.15) is 0 Å². The quantitative estimate of drug-likeness (QED) is 0.613. The highest BCUT2D eigenvalue weighted by Gasteiger charge is 2.11. The number of carboxylic acids is 1. The third-order valence-electron chi connectivity index (χ3n) is 1.65. The van der Waals surface area contributed by atoms with E-state index in [1.807, 2.05) is 20.8 Å². The Morgan fingerprint density at radius 3 is 2.40 bits per heavy atom. The van der Waals surface area contributed by atoms with Crippen molar-refractivity contribution in [2.24, 2.45) is 5.73 Å². The summed E-state index contributed by atoms with van der Waals surface area (Å²) in [5.41, 5.74) is 5.12. The summed E-state index contributed by atoms with van der Waals surface area (Å²) < 4.78 is 10.6. The van der Waals surface area contributed by atoms with E-state index in [2.05, 4.69) is 0 Å². The molecule has 5 heteroatoms. The first-order chi connectivity index (χ1) is 6.83. The lowest BCUT2D eigenvalue weighted by molar-refractivity contribution is -0.139. The van der Waals surface area contributed by atoms with E-state index in [9.17, 15) is 4.79 Å². The Morgan fingerprint density at radius 2 is 1.93 bits per heavy atom. The van der Waals surface area contributed by atoms with Gasteiger partial charge in [-0.15, -0.1) is 0 Å². The van der Waals surface area contributed by atoms with Crippen molar-refractivity contribution in [3.05, 3.63) is 0 Å². The van der Waals surface area contributed by atoms with Crippen LogP contribution in [0.25, 0.3) is 0 Å². The highest BCUT2D eigenvalue weighted by atomic mass is 16.5. The molecule has 0 aromatic carbocycles. The van der Waals surface area contributed by atoms with Crippen LogP contribution >= 0.6 is 0 Å². The molecule has 0 bridgehead atoms. The monoisotopic (exact) mass is 219 g/mol. The van der Waals surface area contributed by atoms with Crippen LogP contribution in [0, 0.1) is 0 Å². The summed E-state index contributed by atoms with van der Waals surface area (Å²) in [6, 6.07) is -0.839. The number of nitrogens with two attached hydrogens (primary N) is 1. The van der Waals surface area contributed by atoms with E-state index < -0.39 is 12.0 Å². The van der Waals surface area contributed by atoms with Crippen molar-refractivity contribution < 1.29 is 19.4 Å². The summed E-state index contributed by atoms with van der Waals surface area (Å²) in [7, 11) is 0. The summed E-state index contributed by atoms with van der Waals surface area (Å²) in [6.45, 7) is 7.21. The first kappa shape index (κ1) is 14.3. The molecule has 0 fully saturated rings. The number of ether oxygens (including phenoxy) is 2. The number of aliphatic carboxylic acids is 1. The van der Waals surface area contributed by atoms with Crippen LogP contribution in [0.5, 0.6) is 0 Å². The molecule has 0 rings (SSSR count). The molecule has 1 atom stereocenters. The van der Waals surface area contributed by atoms with Crippen LogP contribution < -0.4 is 5.73 Å². The predicted octanol–water partition coefficient (Wildman–Crippen LogP) is 0.620. The largest absolute Gasteiger partial charge is 0.480 e. The first-order valence-corrected chi connectivity index (χ1v) is 5.03. The van der Waals surface area contributed by atoms with Gasteiger partial charge in [-0.3, -0.25) is 4.79 Å².